The van der Waals surface area contributed by atoms with E-state index < -0.39 is 0 Å². The van der Waals surface area contributed by atoms with Crippen molar-refractivity contribution in [3.8, 4) is 27.6 Å². The Morgan fingerprint density at radius 1 is 1.08 bits per heavy atom. The molecule has 5 heterocycles. The Morgan fingerprint density at radius 2 is 1.92 bits per heavy atom. The number of aromatic nitrogens is 4. The normalized spacial score (nSPS) is 13.3. The molecule has 1 aliphatic heterocycles. The van der Waals surface area contributed by atoms with Gasteiger partial charge in [-0.2, -0.15) is 0 Å². The Bertz CT molecular complexity index is 2250. The SMILES string of the molecule is CCCN1Cc2nc(CCc3ccccc3Cl)c(-c3nnc(C)o3)c(-c3cc4ccnc(NC)c4s3)c2C1=O.COc1c(F)ccc2c1CCC2. The molecule has 51 heavy (non-hydrogen) atoms. The molecule has 0 unspecified atom stereocenters. The van der Waals surface area contributed by atoms with Gasteiger partial charge in [0.2, 0.25) is 11.8 Å². The van der Waals surface area contributed by atoms with E-state index in [2.05, 4.69) is 33.5 Å². The standard InChI is InChI=1S/C29H27ClN6O2S.C10H11FO/c1-4-13-36-15-21-24(29(36)37)25(22-14-18-11-12-32-27(31-3)26(18)39-22)23(28-35-34-16(2)38-28)20(33-21)10-9-17-7-5-6-8-19(17)30;1-12-10-8-4-2-3-7(8)5-6-9(10)11/h5-8,11-12,14H,4,9-10,13,15H2,1-3H3,(H,31,32);5-6H,2-4H2,1H3. The van der Waals surface area contributed by atoms with Gasteiger partial charge in [0.15, 0.2) is 11.6 Å². The van der Waals surface area contributed by atoms with Crippen molar-refractivity contribution in [3.05, 3.63) is 105 Å². The topological polar surface area (TPSA) is 106 Å². The summed E-state index contributed by atoms with van der Waals surface area (Å²) in [4.78, 5) is 26.2. The van der Waals surface area contributed by atoms with Gasteiger partial charge in [-0.05, 0) is 79.3 Å². The third-order valence-corrected chi connectivity index (χ3v) is 10.9. The van der Waals surface area contributed by atoms with Gasteiger partial charge in [0.1, 0.15) is 5.82 Å². The Labute approximate surface area is 304 Å². The van der Waals surface area contributed by atoms with Crippen molar-refractivity contribution in [2.45, 2.75) is 58.9 Å². The summed E-state index contributed by atoms with van der Waals surface area (Å²) >= 11 is 8.09. The van der Waals surface area contributed by atoms with Crippen molar-refractivity contribution >= 4 is 44.7 Å². The van der Waals surface area contributed by atoms with E-state index in [-0.39, 0.29) is 11.7 Å². The van der Waals surface area contributed by atoms with Crippen molar-refractivity contribution in [1.29, 1.82) is 0 Å². The molecule has 1 N–H and O–H groups in total. The number of methoxy groups -OCH3 is 1. The van der Waals surface area contributed by atoms with Crippen LogP contribution in [-0.4, -0.2) is 51.7 Å². The lowest BCUT2D eigenvalue weighted by Crippen LogP contribution is -2.24. The van der Waals surface area contributed by atoms with Crippen LogP contribution in [0.2, 0.25) is 5.02 Å². The van der Waals surface area contributed by atoms with E-state index in [1.54, 1.807) is 24.5 Å². The van der Waals surface area contributed by atoms with Gasteiger partial charge in [-0.3, -0.25) is 9.78 Å². The third-order valence-electron chi connectivity index (χ3n) is 9.31. The van der Waals surface area contributed by atoms with Crippen molar-refractivity contribution in [2.24, 2.45) is 0 Å². The second-order valence-electron chi connectivity index (χ2n) is 12.6. The fraction of sp³-hybridized carbons (Fsp3) is 0.308. The van der Waals surface area contributed by atoms with Crippen LogP contribution in [-0.2, 0) is 32.2 Å². The highest BCUT2D eigenvalue weighted by Gasteiger charge is 2.36. The van der Waals surface area contributed by atoms with Gasteiger partial charge in [0.25, 0.3) is 5.91 Å². The third kappa shape index (κ3) is 6.68. The molecule has 2 aliphatic rings. The number of carbonyl (C=O) groups is 1. The van der Waals surface area contributed by atoms with Gasteiger partial charge in [0, 0.05) is 47.7 Å². The predicted molar refractivity (Wildman–Crippen MR) is 199 cm³/mol. The first-order chi connectivity index (χ1) is 24.8. The monoisotopic (exact) mass is 724 g/mol. The number of benzene rings is 2. The average Bonchev–Trinajstić information content (AvgIpc) is 3.94. The summed E-state index contributed by atoms with van der Waals surface area (Å²) in [6, 6.07) is 15.3. The van der Waals surface area contributed by atoms with Gasteiger partial charge in [0.05, 0.1) is 40.9 Å². The van der Waals surface area contributed by atoms with E-state index in [4.69, 9.17) is 25.7 Å². The lowest BCUT2D eigenvalue weighted by Gasteiger charge is -2.15. The van der Waals surface area contributed by atoms with Crippen molar-refractivity contribution in [3.63, 3.8) is 0 Å². The van der Waals surface area contributed by atoms with E-state index in [0.29, 0.717) is 54.6 Å². The van der Waals surface area contributed by atoms with E-state index in [1.165, 1.54) is 18.7 Å². The highest BCUT2D eigenvalue weighted by molar-refractivity contribution is 7.23. The van der Waals surface area contributed by atoms with Crippen LogP contribution in [0.25, 0.3) is 32.0 Å². The van der Waals surface area contributed by atoms with E-state index in [1.807, 2.05) is 48.3 Å². The molecular weight excluding hydrogens is 687 g/mol. The maximum absolute atomic E-state index is 13.8. The number of ether oxygens (including phenoxy) is 1. The molecule has 0 atom stereocenters. The number of hydrogen-bond donors (Lipinski definition) is 1. The van der Waals surface area contributed by atoms with Crippen LogP contribution in [0.15, 0.2) is 59.1 Å². The first-order valence-electron chi connectivity index (χ1n) is 17.1. The van der Waals surface area contributed by atoms with Gasteiger partial charge >= 0.3 is 0 Å². The number of rotatable bonds is 9. The Hall–Kier alpha value is -4.87. The van der Waals surface area contributed by atoms with Crippen molar-refractivity contribution < 1.29 is 18.3 Å². The fourth-order valence-electron chi connectivity index (χ4n) is 6.99. The number of hydrogen-bond acceptors (Lipinski definition) is 9. The molecule has 4 aromatic heterocycles. The number of nitrogens with one attached hydrogen (secondary N) is 1. The van der Waals surface area contributed by atoms with Gasteiger partial charge in [-0.25, -0.2) is 9.37 Å². The summed E-state index contributed by atoms with van der Waals surface area (Å²) in [5.41, 5.74) is 7.05. The molecule has 8 rings (SSSR count). The van der Waals surface area contributed by atoms with Crippen molar-refractivity contribution in [2.75, 3.05) is 26.0 Å². The maximum Gasteiger partial charge on any atom is 0.256 e. The number of carbonyl (C=O) groups excluding carboxylic acids is 1. The summed E-state index contributed by atoms with van der Waals surface area (Å²) in [7, 11) is 3.38. The number of pyridine rings is 2. The van der Waals surface area contributed by atoms with Crippen LogP contribution in [0.3, 0.4) is 0 Å². The lowest BCUT2D eigenvalue weighted by atomic mass is 9.94. The molecular formula is C39H38ClFN6O3S. The number of aryl methyl sites for hydroxylation is 4. The minimum absolute atomic E-state index is 0.0195. The van der Waals surface area contributed by atoms with Crippen LogP contribution in [0.4, 0.5) is 10.2 Å². The Balaban J connectivity index is 0.000000285. The number of amides is 1. The maximum atomic E-state index is 13.8. The zero-order chi connectivity index (χ0) is 35.6. The fourth-order valence-corrected chi connectivity index (χ4v) is 8.43. The van der Waals surface area contributed by atoms with Crippen LogP contribution < -0.4 is 10.1 Å². The molecule has 1 aliphatic carbocycles. The van der Waals surface area contributed by atoms with Crippen LogP contribution in [0.1, 0.15) is 64.1 Å². The van der Waals surface area contributed by atoms with Crippen LogP contribution in [0.5, 0.6) is 5.75 Å². The quantitative estimate of drug-likeness (QED) is 0.158. The summed E-state index contributed by atoms with van der Waals surface area (Å²) in [5.74, 6) is 1.79. The minimum Gasteiger partial charge on any atom is -0.493 e. The lowest BCUT2D eigenvalue weighted by molar-refractivity contribution is 0.0778. The second kappa shape index (κ2) is 14.8. The van der Waals surface area contributed by atoms with Gasteiger partial charge in [-0.1, -0.05) is 42.8 Å². The highest BCUT2D eigenvalue weighted by Crippen LogP contribution is 2.46. The molecule has 0 saturated heterocycles. The number of halogens is 2. The molecule has 12 heteroatoms. The largest absolute Gasteiger partial charge is 0.493 e. The van der Waals surface area contributed by atoms with E-state index >= 15 is 0 Å². The minimum atomic E-state index is -0.238. The number of nitrogens with zero attached hydrogens (tertiary/aromatic N) is 5. The zero-order valence-corrected chi connectivity index (χ0v) is 30.6. The van der Waals surface area contributed by atoms with Crippen molar-refractivity contribution in [1.82, 2.24) is 25.1 Å². The zero-order valence-electron chi connectivity index (χ0n) is 29.0. The van der Waals surface area contributed by atoms with Gasteiger partial charge in [-0.15, -0.1) is 21.5 Å². The molecule has 0 spiro atoms. The van der Waals surface area contributed by atoms with E-state index in [9.17, 15) is 9.18 Å². The summed E-state index contributed by atoms with van der Waals surface area (Å²) in [6.45, 7) is 4.98. The average molecular weight is 725 g/mol. The number of anilines is 1. The molecule has 0 saturated carbocycles. The molecule has 9 nitrogen and oxygen atoms in total. The highest BCUT2D eigenvalue weighted by atomic mass is 35.5. The molecule has 6 aromatic rings. The molecule has 262 valence electrons. The second-order valence-corrected chi connectivity index (χ2v) is 14.0. The first kappa shape index (κ1) is 34.6. The van der Waals surface area contributed by atoms with Crippen LogP contribution >= 0.6 is 22.9 Å². The molecule has 0 bridgehead atoms. The van der Waals surface area contributed by atoms with Gasteiger partial charge < -0.3 is 19.4 Å². The first-order valence-corrected chi connectivity index (χ1v) is 18.3. The number of fused-ring (bicyclic) bond motifs is 3. The molecule has 1 amide bonds. The summed E-state index contributed by atoms with van der Waals surface area (Å²) < 4.78 is 25.2. The predicted octanol–water partition coefficient (Wildman–Crippen LogP) is 8.89. The molecule has 0 radical (unpaired) electrons. The Kier molecular flexibility index (Phi) is 10.0. The smallest absolute Gasteiger partial charge is 0.256 e. The molecule has 0 fully saturated rings. The van der Waals surface area contributed by atoms with Crippen LogP contribution in [0, 0.1) is 12.7 Å². The molecule has 2 aromatic carbocycles. The van der Waals surface area contributed by atoms with E-state index in [0.717, 1.165) is 79.6 Å². The summed E-state index contributed by atoms with van der Waals surface area (Å²) in [6.07, 6.45) is 7.06. The Morgan fingerprint density at radius 3 is 2.67 bits per heavy atom. The summed E-state index contributed by atoms with van der Waals surface area (Å²) in [5, 5.41) is 13.5. The number of thiophene rings is 1.